The molecule has 19 heavy (non-hydrogen) atoms. The van der Waals surface area contributed by atoms with Crippen LogP contribution in [0.2, 0.25) is 5.02 Å². The van der Waals surface area contributed by atoms with Gasteiger partial charge in [0.1, 0.15) is 0 Å². The Morgan fingerprint density at radius 2 is 2.11 bits per heavy atom. The molecule has 0 atom stereocenters. The molecule has 3 rings (SSSR count). The largest absolute Gasteiger partial charge is 0.358 e. The Labute approximate surface area is 117 Å². The van der Waals surface area contributed by atoms with E-state index in [2.05, 4.69) is 4.98 Å². The van der Waals surface area contributed by atoms with Crippen LogP contribution in [0.3, 0.4) is 0 Å². The quantitative estimate of drug-likeness (QED) is 0.898. The number of fused-ring (bicyclic) bond motifs is 1. The van der Waals surface area contributed by atoms with Gasteiger partial charge < -0.3 is 9.88 Å². The number of carbonyl (C=O) groups is 1. The monoisotopic (exact) mass is 276 g/mol. The maximum absolute atomic E-state index is 12.3. The molecule has 3 nitrogen and oxygen atoms in total. The van der Waals surface area contributed by atoms with Crippen molar-refractivity contribution < 1.29 is 4.79 Å². The number of likely N-dealkylation sites (tertiary alicyclic amines) is 1. The lowest BCUT2D eigenvalue weighted by molar-refractivity contribution is -0.129. The minimum atomic E-state index is 0.224. The zero-order valence-corrected chi connectivity index (χ0v) is 11.8. The summed E-state index contributed by atoms with van der Waals surface area (Å²) in [4.78, 5) is 17.6. The fourth-order valence-corrected chi connectivity index (χ4v) is 2.98. The lowest BCUT2D eigenvalue weighted by atomic mass is 10.1. The fourth-order valence-electron chi connectivity index (χ4n) is 2.81. The van der Waals surface area contributed by atoms with Crippen LogP contribution in [0.1, 0.15) is 24.1 Å². The lowest BCUT2D eigenvalue weighted by Gasteiger charge is -2.15. The van der Waals surface area contributed by atoms with Crippen molar-refractivity contribution in [3.8, 4) is 0 Å². The molecule has 1 aliphatic heterocycles. The van der Waals surface area contributed by atoms with E-state index in [-0.39, 0.29) is 5.91 Å². The molecule has 4 heteroatoms. The second-order valence-corrected chi connectivity index (χ2v) is 5.62. The molecule has 2 aromatic rings. The number of nitrogens with zero attached hydrogens (tertiary/aromatic N) is 1. The SMILES string of the molecule is Cc1[nH]c2ccc(Cl)cc2c1CC(=O)N1CCCC1. The van der Waals surface area contributed by atoms with Gasteiger partial charge in [0.25, 0.3) is 0 Å². The number of nitrogens with one attached hydrogen (secondary N) is 1. The van der Waals surface area contributed by atoms with Crippen LogP contribution in [-0.4, -0.2) is 28.9 Å². The number of aryl methyl sites for hydroxylation is 1. The van der Waals surface area contributed by atoms with Crippen molar-refractivity contribution in [2.75, 3.05) is 13.1 Å². The third-order valence-electron chi connectivity index (χ3n) is 3.87. The summed E-state index contributed by atoms with van der Waals surface area (Å²) in [5, 5.41) is 1.78. The van der Waals surface area contributed by atoms with Gasteiger partial charge in [-0.25, -0.2) is 0 Å². The van der Waals surface area contributed by atoms with Crippen LogP contribution in [0, 0.1) is 6.92 Å². The van der Waals surface area contributed by atoms with Crippen LogP contribution >= 0.6 is 11.6 Å². The van der Waals surface area contributed by atoms with Gasteiger partial charge in [0.05, 0.1) is 6.42 Å². The van der Waals surface area contributed by atoms with Crippen molar-refractivity contribution in [1.82, 2.24) is 9.88 Å². The average molecular weight is 277 g/mol. The Bertz CT molecular complexity index is 626. The van der Waals surface area contributed by atoms with Crippen molar-refractivity contribution in [1.29, 1.82) is 0 Å². The second-order valence-electron chi connectivity index (χ2n) is 5.18. The van der Waals surface area contributed by atoms with E-state index >= 15 is 0 Å². The van der Waals surface area contributed by atoms with E-state index < -0.39 is 0 Å². The highest BCUT2D eigenvalue weighted by molar-refractivity contribution is 6.31. The van der Waals surface area contributed by atoms with Gasteiger partial charge in [0.15, 0.2) is 0 Å². The van der Waals surface area contributed by atoms with Crippen molar-refractivity contribution in [2.45, 2.75) is 26.2 Å². The summed E-state index contributed by atoms with van der Waals surface area (Å²) in [6.45, 7) is 3.82. The Morgan fingerprint density at radius 1 is 1.37 bits per heavy atom. The summed E-state index contributed by atoms with van der Waals surface area (Å²) < 4.78 is 0. The van der Waals surface area contributed by atoms with E-state index in [0.29, 0.717) is 11.4 Å². The summed E-state index contributed by atoms with van der Waals surface area (Å²) in [6.07, 6.45) is 2.72. The standard InChI is InChI=1S/C15H17ClN2O/c1-10-12(9-15(19)18-6-2-3-7-18)13-8-11(16)4-5-14(13)17-10/h4-5,8,17H,2-3,6-7,9H2,1H3. The lowest BCUT2D eigenvalue weighted by Crippen LogP contribution is -2.29. The molecular weight excluding hydrogens is 260 g/mol. The molecular formula is C15H17ClN2O. The van der Waals surface area contributed by atoms with Crippen LogP contribution in [-0.2, 0) is 11.2 Å². The fraction of sp³-hybridized carbons (Fsp3) is 0.400. The highest BCUT2D eigenvalue weighted by Gasteiger charge is 2.20. The van der Waals surface area contributed by atoms with Crippen LogP contribution < -0.4 is 0 Å². The summed E-state index contributed by atoms with van der Waals surface area (Å²) in [5.41, 5.74) is 3.19. The van der Waals surface area contributed by atoms with Crippen LogP contribution in [0.25, 0.3) is 10.9 Å². The molecule has 1 amide bonds. The van der Waals surface area contributed by atoms with E-state index in [1.165, 1.54) is 0 Å². The highest BCUT2D eigenvalue weighted by atomic mass is 35.5. The third kappa shape index (κ3) is 2.35. The normalized spacial score (nSPS) is 15.4. The Hall–Kier alpha value is -1.48. The number of halogens is 1. The van der Waals surface area contributed by atoms with Crippen molar-refractivity contribution in [2.24, 2.45) is 0 Å². The zero-order valence-electron chi connectivity index (χ0n) is 11.0. The molecule has 1 aromatic carbocycles. The van der Waals surface area contributed by atoms with Gasteiger partial charge >= 0.3 is 0 Å². The Kier molecular flexibility index (Phi) is 3.23. The van der Waals surface area contributed by atoms with Gasteiger partial charge in [-0.1, -0.05) is 11.6 Å². The first-order chi connectivity index (χ1) is 9.15. The number of amides is 1. The molecule has 0 saturated carbocycles. The van der Waals surface area contributed by atoms with Gasteiger partial charge in [0.2, 0.25) is 5.91 Å². The summed E-state index contributed by atoms with van der Waals surface area (Å²) in [7, 11) is 0. The summed E-state index contributed by atoms with van der Waals surface area (Å²) >= 11 is 6.05. The van der Waals surface area contributed by atoms with Crippen LogP contribution in [0.15, 0.2) is 18.2 Å². The molecule has 0 unspecified atom stereocenters. The van der Waals surface area contributed by atoms with Crippen LogP contribution in [0.4, 0.5) is 0 Å². The van der Waals surface area contributed by atoms with Gasteiger partial charge in [-0.05, 0) is 43.5 Å². The molecule has 100 valence electrons. The van der Waals surface area contributed by atoms with E-state index in [1.807, 2.05) is 30.0 Å². The highest BCUT2D eigenvalue weighted by Crippen LogP contribution is 2.26. The van der Waals surface area contributed by atoms with Crippen LogP contribution in [0.5, 0.6) is 0 Å². The number of rotatable bonds is 2. The molecule has 1 aliphatic rings. The van der Waals surface area contributed by atoms with E-state index in [1.54, 1.807) is 0 Å². The van der Waals surface area contributed by atoms with Gasteiger partial charge in [-0.3, -0.25) is 4.79 Å². The van der Waals surface area contributed by atoms with E-state index in [0.717, 1.165) is 48.1 Å². The minimum Gasteiger partial charge on any atom is -0.358 e. The first-order valence-electron chi connectivity index (χ1n) is 6.69. The predicted octanol–water partition coefficient (Wildman–Crippen LogP) is 3.29. The van der Waals surface area contributed by atoms with Crippen molar-refractivity contribution in [3.05, 3.63) is 34.5 Å². The molecule has 0 spiro atoms. The number of H-pyrrole nitrogens is 1. The number of hydrogen-bond acceptors (Lipinski definition) is 1. The number of hydrogen-bond donors (Lipinski definition) is 1. The molecule has 1 aromatic heterocycles. The zero-order chi connectivity index (χ0) is 13.4. The number of benzene rings is 1. The first-order valence-corrected chi connectivity index (χ1v) is 7.07. The minimum absolute atomic E-state index is 0.224. The van der Waals surface area contributed by atoms with Gasteiger partial charge in [0, 0.05) is 34.7 Å². The van der Waals surface area contributed by atoms with Gasteiger partial charge in [-0.15, -0.1) is 0 Å². The van der Waals surface area contributed by atoms with Gasteiger partial charge in [-0.2, -0.15) is 0 Å². The summed E-state index contributed by atoms with van der Waals surface area (Å²) in [5.74, 6) is 0.224. The molecule has 0 radical (unpaired) electrons. The molecule has 0 aliphatic carbocycles. The van der Waals surface area contributed by atoms with Crippen molar-refractivity contribution >= 4 is 28.4 Å². The smallest absolute Gasteiger partial charge is 0.227 e. The topological polar surface area (TPSA) is 36.1 Å². The Morgan fingerprint density at radius 3 is 2.84 bits per heavy atom. The molecule has 1 N–H and O–H groups in total. The average Bonchev–Trinajstić information content (AvgIpc) is 2.99. The van der Waals surface area contributed by atoms with E-state index in [9.17, 15) is 4.79 Å². The van der Waals surface area contributed by atoms with E-state index in [4.69, 9.17) is 11.6 Å². The predicted molar refractivity (Wildman–Crippen MR) is 77.6 cm³/mol. The Balaban J connectivity index is 1.93. The number of aromatic nitrogens is 1. The maximum Gasteiger partial charge on any atom is 0.227 e. The second kappa shape index (κ2) is 4.89. The molecule has 1 fully saturated rings. The van der Waals surface area contributed by atoms with Crippen molar-refractivity contribution in [3.63, 3.8) is 0 Å². The molecule has 0 bridgehead atoms. The number of aromatic amines is 1. The number of carbonyl (C=O) groups excluding carboxylic acids is 1. The first kappa shape index (κ1) is 12.5. The third-order valence-corrected chi connectivity index (χ3v) is 4.10. The molecule has 1 saturated heterocycles. The summed E-state index contributed by atoms with van der Waals surface area (Å²) in [6, 6.07) is 5.77. The molecule has 2 heterocycles. The maximum atomic E-state index is 12.3.